The van der Waals surface area contributed by atoms with Crippen LogP contribution in [-0.2, 0) is 10.0 Å². The maximum atomic E-state index is 12.8. The quantitative estimate of drug-likeness (QED) is 0.810. The first-order chi connectivity index (χ1) is 11.9. The van der Waals surface area contributed by atoms with E-state index in [4.69, 9.17) is 0 Å². The van der Waals surface area contributed by atoms with Crippen LogP contribution in [0.25, 0.3) is 0 Å². The molecular formula is C17H28ClN3O3S2. The summed E-state index contributed by atoms with van der Waals surface area (Å²) in [6.07, 6.45) is 3.67. The molecule has 0 aromatic carbocycles. The number of hydrogen-bond donors (Lipinski definition) is 1. The summed E-state index contributed by atoms with van der Waals surface area (Å²) in [7, 11) is -1.66. The molecule has 1 aromatic heterocycles. The van der Waals surface area contributed by atoms with Gasteiger partial charge in [0, 0.05) is 26.2 Å². The van der Waals surface area contributed by atoms with E-state index >= 15 is 0 Å². The van der Waals surface area contributed by atoms with Gasteiger partial charge in [-0.3, -0.25) is 4.79 Å². The summed E-state index contributed by atoms with van der Waals surface area (Å²) in [5.74, 6) is 0.496. The number of rotatable bonds is 4. The van der Waals surface area contributed by atoms with Crippen molar-refractivity contribution in [1.82, 2.24) is 14.5 Å². The molecule has 2 fully saturated rings. The predicted octanol–water partition coefficient (Wildman–Crippen LogP) is 2.41. The first-order valence-corrected chi connectivity index (χ1v) is 11.2. The Balaban J connectivity index is 0.00000243. The second-order valence-corrected chi connectivity index (χ2v) is 10.4. The van der Waals surface area contributed by atoms with E-state index in [1.165, 1.54) is 0 Å². The maximum Gasteiger partial charge on any atom is 0.263 e. The second kappa shape index (κ2) is 9.01. The lowest BCUT2D eigenvalue weighted by Crippen LogP contribution is -2.43. The Morgan fingerprint density at radius 1 is 1.19 bits per heavy atom. The Morgan fingerprint density at radius 2 is 1.81 bits per heavy atom. The van der Waals surface area contributed by atoms with E-state index in [9.17, 15) is 13.2 Å². The van der Waals surface area contributed by atoms with Crippen molar-refractivity contribution in [3.63, 3.8) is 0 Å². The molecule has 0 bridgehead atoms. The number of hydrogen-bond acceptors (Lipinski definition) is 5. The van der Waals surface area contributed by atoms with Gasteiger partial charge in [0.05, 0.1) is 4.88 Å². The fourth-order valence-electron chi connectivity index (χ4n) is 3.46. The van der Waals surface area contributed by atoms with Crippen LogP contribution in [0.2, 0.25) is 0 Å². The summed E-state index contributed by atoms with van der Waals surface area (Å²) in [4.78, 5) is 15.0. The van der Waals surface area contributed by atoms with Crippen LogP contribution in [-0.4, -0.2) is 62.8 Å². The van der Waals surface area contributed by atoms with Crippen molar-refractivity contribution in [2.75, 3.05) is 33.2 Å². The molecule has 0 radical (unpaired) electrons. The van der Waals surface area contributed by atoms with Crippen LogP contribution in [0, 0.1) is 5.92 Å². The number of amides is 1. The van der Waals surface area contributed by atoms with Crippen molar-refractivity contribution in [2.45, 2.75) is 42.9 Å². The standard InChI is InChI=1S/C17H27N3O3S2.ClH/c1-13-7-11-20(12-8-13)25(22,23)16-4-3-15(24-16)17(21)19(2)14-5-9-18-10-6-14;/h3-4,13-14,18H,5-12H2,1-2H3;1H. The van der Waals surface area contributed by atoms with E-state index in [0.29, 0.717) is 23.9 Å². The molecule has 1 N–H and O–H groups in total. The maximum absolute atomic E-state index is 12.8. The van der Waals surface area contributed by atoms with Crippen molar-refractivity contribution in [3.05, 3.63) is 17.0 Å². The fraction of sp³-hybridized carbons (Fsp3) is 0.706. The van der Waals surface area contributed by atoms with Crippen LogP contribution in [0.1, 0.15) is 42.3 Å². The first kappa shape index (κ1) is 21.6. The molecule has 0 saturated carbocycles. The molecule has 6 nitrogen and oxygen atoms in total. The highest BCUT2D eigenvalue weighted by Gasteiger charge is 2.31. The van der Waals surface area contributed by atoms with Crippen LogP contribution < -0.4 is 5.32 Å². The first-order valence-electron chi connectivity index (χ1n) is 8.97. The highest BCUT2D eigenvalue weighted by molar-refractivity contribution is 7.91. The van der Waals surface area contributed by atoms with Crippen LogP contribution in [0.5, 0.6) is 0 Å². The summed E-state index contributed by atoms with van der Waals surface area (Å²) in [6.45, 7) is 5.13. The minimum atomic E-state index is -3.48. The second-order valence-electron chi connectivity index (χ2n) is 7.10. The molecular weight excluding hydrogens is 394 g/mol. The van der Waals surface area contributed by atoms with Gasteiger partial charge in [0.2, 0.25) is 0 Å². The molecule has 3 rings (SSSR count). The Morgan fingerprint density at radius 3 is 2.42 bits per heavy atom. The van der Waals surface area contributed by atoms with E-state index in [1.54, 1.807) is 21.3 Å². The van der Waals surface area contributed by atoms with E-state index in [2.05, 4.69) is 12.2 Å². The molecule has 0 aliphatic carbocycles. The van der Waals surface area contributed by atoms with Gasteiger partial charge in [-0.1, -0.05) is 6.92 Å². The zero-order valence-electron chi connectivity index (χ0n) is 15.3. The molecule has 0 spiro atoms. The lowest BCUT2D eigenvalue weighted by Gasteiger charge is -2.31. The van der Waals surface area contributed by atoms with Gasteiger partial charge in [-0.25, -0.2) is 8.42 Å². The van der Waals surface area contributed by atoms with Gasteiger partial charge in [-0.2, -0.15) is 4.31 Å². The number of piperidine rings is 2. The third kappa shape index (κ3) is 4.59. The zero-order chi connectivity index (χ0) is 18.0. The van der Waals surface area contributed by atoms with Crippen LogP contribution in [0.15, 0.2) is 16.3 Å². The third-order valence-electron chi connectivity index (χ3n) is 5.31. The SMILES string of the molecule is CC1CCN(S(=O)(=O)c2ccc(C(=O)N(C)C3CCNCC3)s2)CC1.Cl. The van der Waals surface area contributed by atoms with Gasteiger partial charge in [-0.05, 0) is 56.8 Å². The fourth-order valence-corrected chi connectivity index (χ4v) is 6.37. The van der Waals surface area contributed by atoms with Crippen molar-refractivity contribution < 1.29 is 13.2 Å². The number of nitrogens with one attached hydrogen (secondary N) is 1. The van der Waals surface area contributed by atoms with E-state index in [1.807, 2.05) is 7.05 Å². The summed E-state index contributed by atoms with van der Waals surface area (Å²) in [6, 6.07) is 3.46. The average molecular weight is 422 g/mol. The van der Waals surface area contributed by atoms with Crippen LogP contribution >= 0.6 is 23.7 Å². The molecule has 9 heteroatoms. The molecule has 2 aliphatic heterocycles. The Kier molecular flexibility index (Phi) is 7.50. The molecule has 1 amide bonds. The number of carbonyl (C=O) groups is 1. The summed E-state index contributed by atoms with van der Waals surface area (Å²) >= 11 is 1.10. The smallest absolute Gasteiger partial charge is 0.263 e. The van der Waals surface area contributed by atoms with E-state index in [-0.39, 0.29) is 28.6 Å². The number of halogens is 1. The van der Waals surface area contributed by atoms with Gasteiger partial charge in [0.15, 0.2) is 0 Å². The lowest BCUT2D eigenvalue weighted by atomic mass is 10.0. The number of sulfonamides is 1. The molecule has 1 aromatic rings. The van der Waals surface area contributed by atoms with Crippen molar-refractivity contribution in [3.8, 4) is 0 Å². The summed E-state index contributed by atoms with van der Waals surface area (Å²) < 4.78 is 27.4. The Labute approximate surface area is 166 Å². The normalized spacial score (nSPS) is 20.5. The predicted molar refractivity (Wildman–Crippen MR) is 107 cm³/mol. The van der Waals surface area contributed by atoms with E-state index in [0.717, 1.165) is 50.1 Å². The van der Waals surface area contributed by atoms with Crippen molar-refractivity contribution in [2.24, 2.45) is 5.92 Å². The van der Waals surface area contributed by atoms with Gasteiger partial charge in [0.25, 0.3) is 15.9 Å². The van der Waals surface area contributed by atoms with Gasteiger partial charge < -0.3 is 10.2 Å². The number of carbonyl (C=O) groups excluding carboxylic acids is 1. The molecule has 26 heavy (non-hydrogen) atoms. The lowest BCUT2D eigenvalue weighted by molar-refractivity contribution is 0.0708. The molecule has 3 heterocycles. The van der Waals surface area contributed by atoms with Gasteiger partial charge >= 0.3 is 0 Å². The molecule has 2 aliphatic rings. The zero-order valence-corrected chi connectivity index (χ0v) is 17.8. The minimum Gasteiger partial charge on any atom is -0.338 e. The summed E-state index contributed by atoms with van der Waals surface area (Å²) in [5, 5.41) is 3.29. The van der Waals surface area contributed by atoms with Crippen molar-refractivity contribution >= 4 is 39.7 Å². The molecule has 2 saturated heterocycles. The minimum absolute atomic E-state index is 0. The third-order valence-corrected chi connectivity index (χ3v) is 8.74. The van der Waals surface area contributed by atoms with Gasteiger partial charge in [-0.15, -0.1) is 23.7 Å². The van der Waals surface area contributed by atoms with Crippen LogP contribution in [0.4, 0.5) is 0 Å². The summed E-state index contributed by atoms with van der Waals surface area (Å²) in [5.41, 5.74) is 0. The monoisotopic (exact) mass is 421 g/mol. The highest BCUT2D eigenvalue weighted by Crippen LogP contribution is 2.29. The molecule has 148 valence electrons. The van der Waals surface area contributed by atoms with Gasteiger partial charge in [0.1, 0.15) is 4.21 Å². The van der Waals surface area contributed by atoms with E-state index < -0.39 is 10.0 Å². The molecule has 0 atom stereocenters. The molecule has 0 unspecified atom stereocenters. The largest absolute Gasteiger partial charge is 0.338 e. The average Bonchev–Trinajstić information content (AvgIpc) is 3.12. The topological polar surface area (TPSA) is 69.7 Å². The Bertz CT molecular complexity index is 709. The number of nitrogens with zero attached hydrogens (tertiary/aromatic N) is 2. The van der Waals surface area contributed by atoms with Crippen molar-refractivity contribution in [1.29, 1.82) is 0 Å². The highest BCUT2D eigenvalue weighted by atomic mass is 35.5. The Hall–Kier alpha value is -0.670. The number of thiophene rings is 1. The van der Waals surface area contributed by atoms with Crippen LogP contribution in [0.3, 0.4) is 0 Å².